The standard InChI is InChI=1S/C34H45N3O4S/c1-25(2)23-35-34(39)32(22-29-11-8-7-9-12-29)36(24-30-18-15-26(3)16-19-30)33(38)13-10-20-37(42(6,40)41)31-21-27(4)14-17-28(31)5/h7-9,11-12,14-19,21,25,32H,10,13,20,22-24H2,1-6H3,(H,35,39)/t32-/m0/s1. The van der Waals surface area contributed by atoms with Crippen molar-refractivity contribution in [3.05, 3.63) is 101 Å². The molecule has 3 aromatic rings. The molecule has 3 rings (SSSR count). The molecule has 3 aromatic carbocycles. The van der Waals surface area contributed by atoms with E-state index in [1.165, 1.54) is 10.6 Å². The van der Waals surface area contributed by atoms with Crippen molar-refractivity contribution >= 4 is 27.5 Å². The minimum absolute atomic E-state index is 0.103. The first-order valence-corrected chi connectivity index (χ1v) is 16.4. The lowest BCUT2D eigenvalue weighted by molar-refractivity contribution is -0.141. The van der Waals surface area contributed by atoms with Crippen molar-refractivity contribution in [2.75, 3.05) is 23.7 Å². The number of amides is 2. The van der Waals surface area contributed by atoms with Crippen LogP contribution < -0.4 is 9.62 Å². The van der Waals surface area contributed by atoms with Crippen molar-refractivity contribution in [1.29, 1.82) is 0 Å². The van der Waals surface area contributed by atoms with Crippen LogP contribution in [-0.4, -0.2) is 50.5 Å². The van der Waals surface area contributed by atoms with Crippen LogP contribution in [0.5, 0.6) is 0 Å². The highest BCUT2D eigenvalue weighted by atomic mass is 32.2. The summed E-state index contributed by atoms with van der Waals surface area (Å²) in [6, 6.07) is 22.7. The highest BCUT2D eigenvalue weighted by molar-refractivity contribution is 7.92. The molecule has 0 aliphatic heterocycles. The van der Waals surface area contributed by atoms with Gasteiger partial charge in [0.2, 0.25) is 21.8 Å². The molecule has 0 aliphatic rings. The number of benzene rings is 3. The second-order valence-corrected chi connectivity index (χ2v) is 13.5. The summed E-state index contributed by atoms with van der Waals surface area (Å²) in [4.78, 5) is 29.2. The Morgan fingerprint density at radius 1 is 0.857 bits per heavy atom. The third-order valence-corrected chi connectivity index (χ3v) is 8.39. The third kappa shape index (κ3) is 9.72. The number of anilines is 1. The van der Waals surface area contributed by atoms with Gasteiger partial charge in [-0.2, -0.15) is 0 Å². The van der Waals surface area contributed by atoms with Gasteiger partial charge < -0.3 is 10.2 Å². The summed E-state index contributed by atoms with van der Waals surface area (Å²) >= 11 is 0. The number of nitrogens with one attached hydrogen (secondary N) is 1. The molecule has 0 bridgehead atoms. The molecule has 1 atom stereocenters. The summed E-state index contributed by atoms with van der Waals surface area (Å²) in [7, 11) is -3.57. The molecule has 0 radical (unpaired) electrons. The SMILES string of the molecule is Cc1ccc(CN(C(=O)CCCN(c2cc(C)ccc2C)S(C)(=O)=O)[C@@H](Cc2ccccc2)C(=O)NCC(C)C)cc1. The molecule has 0 saturated carbocycles. The number of sulfonamides is 1. The molecule has 0 saturated heterocycles. The molecule has 42 heavy (non-hydrogen) atoms. The zero-order valence-electron chi connectivity index (χ0n) is 25.8. The van der Waals surface area contributed by atoms with E-state index >= 15 is 0 Å². The maximum atomic E-state index is 14.0. The Morgan fingerprint density at radius 3 is 2.12 bits per heavy atom. The molecule has 0 aromatic heterocycles. The predicted molar refractivity (Wildman–Crippen MR) is 171 cm³/mol. The van der Waals surface area contributed by atoms with Gasteiger partial charge in [-0.3, -0.25) is 13.9 Å². The van der Waals surface area contributed by atoms with E-state index in [1.807, 2.05) is 107 Å². The normalized spacial score (nSPS) is 12.2. The molecule has 0 aliphatic carbocycles. The lowest BCUT2D eigenvalue weighted by Gasteiger charge is -2.32. The zero-order chi connectivity index (χ0) is 30.9. The Bertz CT molecular complexity index is 1440. The fraction of sp³-hybridized carbons (Fsp3) is 0.412. The minimum atomic E-state index is -3.57. The number of nitrogens with zero attached hydrogens (tertiary/aromatic N) is 2. The van der Waals surface area contributed by atoms with Crippen LogP contribution in [0.3, 0.4) is 0 Å². The van der Waals surface area contributed by atoms with Crippen molar-refractivity contribution in [3.63, 3.8) is 0 Å². The molecule has 2 amide bonds. The third-order valence-electron chi connectivity index (χ3n) is 7.21. The fourth-order valence-corrected chi connectivity index (χ4v) is 5.85. The number of hydrogen-bond donors (Lipinski definition) is 1. The Labute approximate surface area is 252 Å². The lowest BCUT2D eigenvalue weighted by Crippen LogP contribution is -2.51. The molecular formula is C34H45N3O4S. The number of carbonyl (C=O) groups is 2. The van der Waals surface area contributed by atoms with Gasteiger partial charge in [0, 0.05) is 32.5 Å². The highest BCUT2D eigenvalue weighted by Crippen LogP contribution is 2.25. The van der Waals surface area contributed by atoms with Crippen molar-refractivity contribution in [3.8, 4) is 0 Å². The van der Waals surface area contributed by atoms with Crippen LogP contribution >= 0.6 is 0 Å². The van der Waals surface area contributed by atoms with Crippen molar-refractivity contribution in [1.82, 2.24) is 10.2 Å². The van der Waals surface area contributed by atoms with Crippen molar-refractivity contribution in [2.24, 2.45) is 5.92 Å². The molecular weight excluding hydrogens is 546 g/mol. The highest BCUT2D eigenvalue weighted by Gasteiger charge is 2.30. The van der Waals surface area contributed by atoms with Crippen LogP contribution in [0.1, 0.15) is 54.5 Å². The second kappa shape index (κ2) is 15.0. The number of aryl methyl sites for hydroxylation is 3. The summed E-state index contributed by atoms with van der Waals surface area (Å²) in [5, 5.41) is 3.04. The first-order chi connectivity index (χ1) is 19.8. The molecule has 226 valence electrons. The molecule has 1 N–H and O–H groups in total. The first-order valence-electron chi connectivity index (χ1n) is 14.6. The molecule has 0 fully saturated rings. The number of hydrogen-bond acceptors (Lipinski definition) is 4. The summed E-state index contributed by atoms with van der Waals surface area (Å²) in [6.45, 7) is 10.8. The van der Waals surface area contributed by atoms with E-state index in [0.29, 0.717) is 25.1 Å². The first kappa shape index (κ1) is 32.9. The number of rotatable bonds is 14. The summed E-state index contributed by atoms with van der Waals surface area (Å²) in [5.41, 5.74) is 5.43. The second-order valence-electron chi connectivity index (χ2n) is 11.6. The van der Waals surface area contributed by atoms with E-state index in [1.54, 1.807) is 4.90 Å². The van der Waals surface area contributed by atoms with Crippen LogP contribution in [0.4, 0.5) is 5.69 Å². The van der Waals surface area contributed by atoms with Gasteiger partial charge in [0.25, 0.3) is 0 Å². The van der Waals surface area contributed by atoms with Crippen LogP contribution in [0, 0.1) is 26.7 Å². The van der Waals surface area contributed by atoms with E-state index in [-0.39, 0.29) is 37.2 Å². The fourth-order valence-electron chi connectivity index (χ4n) is 4.84. The predicted octanol–water partition coefficient (Wildman–Crippen LogP) is 5.57. The average Bonchev–Trinajstić information content (AvgIpc) is 2.94. The molecule has 0 heterocycles. The summed E-state index contributed by atoms with van der Waals surface area (Å²) < 4.78 is 26.9. The van der Waals surface area contributed by atoms with E-state index < -0.39 is 16.1 Å². The maximum absolute atomic E-state index is 14.0. The molecule has 7 nitrogen and oxygen atoms in total. The monoisotopic (exact) mass is 591 g/mol. The van der Waals surface area contributed by atoms with Crippen LogP contribution in [0.15, 0.2) is 72.8 Å². The minimum Gasteiger partial charge on any atom is -0.354 e. The van der Waals surface area contributed by atoms with E-state index in [0.717, 1.165) is 27.8 Å². The van der Waals surface area contributed by atoms with Gasteiger partial charge in [0.1, 0.15) is 6.04 Å². The topological polar surface area (TPSA) is 86.8 Å². The zero-order valence-corrected chi connectivity index (χ0v) is 26.6. The van der Waals surface area contributed by atoms with Crippen molar-refractivity contribution < 1.29 is 18.0 Å². The maximum Gasteiger partial charge on any atom is 0.243 e. The van der Waals surface area contributed by atoms with Crippen LogP contribution in [0.25, 0.3) is 0 Å². The molecule has 0 unspecified atom stereocenters. The van der Waals surface area contributed by atoms with Crippen molar-refractivity contribution in [2.45, 2.75) is 66.5 Å². The van der Waals surface area contributed by atoms with Crippen LogP contribution in [0.2, 0.25) is 0 Å². The van der Waals surface area contributed by atoms with Gasteiger partial charge in [-0.05, 0) is 61.4 Å². The Hall–Kier alpha value is -3.65. The largest absolute Gasteiger partial charge is 0.354 e. The number of carbonyl (C=O) groups excluding carboxylic acids is 2. The average molecular weight is 592 g/mol. The van der Waals surface area contributed by atoms with E-state index in [2.05, 4.69) is 5.32 Å². The Morgan fingerprint density at radius 2 is 1.50 bits per heavy atom. The summed E-state index contributed by atoms with van der Waals surface area (Å²) in [5.74, 6) is -0.119. The molecule has 8 heteroatoms. The van der Waals surface area contributed by atoms with E-state index in [4.69, 9.17) is 0 Å². The Balaban J connectivity index is 1.89. The van der Waals surface area contributed by atoms with Gasteiger partial charge in [-0.1, -0.05) is 86.1 Å². The quantitative estimate of drug-likeness (QED) is 0.266. The van der Waals surface area contributed by atoms with Crippen LogP contribution in [-0.2, 0) is 32.6 Å². The lowest BCUT2D eigenvalue weighted by atomic mass is 10.0. The van der Waals surface area contributed by atoms with E-state index in [9.17, 15) is 18.0 Å². The van der Waals surface area contributed by atoms with Gasteiger partial charge in [0.05, 0.1) is 11.9 Å². The smallest absolute Gasteiger partial charge is 0.243 e. The van der Waals surface area contributed by atoms with Gasteiger partial charge in [-0.15, -0.1) is 0 Å². The Kier molecular flexibility index (Phi) is 11.7. The van der Waals surface area contributed by atoms with Gasteiger partial charge in [0.15, 0.2) is 0 Å². The van der Waals surface area contributed by atoms with Gasteiger partial charge in [-0.25, -0.2) is 8.42 Å². The summed E-state index contributed by atoms with van der Waals surface area (Å²) in [6.07, 6.45) is 1.98. The van der Waals surface area contributed by atoms with Gasteiger partial charge >= 0.3 is 0 Å². The molecule has 0 spiro atoms.